The minimum Gasteiger partial charge on any atom is -0.391 e. The fourth-order valence-electron chi connectivity index (χ4n) is 5.98. The number of hydrogen-bond acceptors (Lipinski definition) is 6. The highest BCUT2D eigenvalue weighted by atomic mass is 16.3. The van der Waals surface area contributed by atoms with E-state index in [1.54, 1.807) is 32.3 Å². The van der Waals surface area contributed by atoms with Crippen LogP contribution in [0.5, 0.6) is 0 Å². The van der Waals surface area contributed by atoms with Gasteiger partial charge >= 0.3 is 0 Å². The predicted molar refractivity (Wildman–Crippen MR) is 191 cm³/mol. The molecular weight excluding hydrogens is 602 g/mol. The lowest BCUT2D eigenvalue weighted by atomic mass is 9.88. The van der Waals surface area contributed by atoms with Crippen molar-refractivity contribution in [2.24, 2.45) is 17.4 Å². The van der Waals surface area contributed by atoms with Crippen molar-refractivity contribution >= 4 is 28.5 Å². The molecule has 0 aliphatic carbocycles. The molecule has 0 aliphatic rings. The monoisotopic (exact) mass is 651 g/mol. The molecule has 4 aromatic carbocycles. The van der Waals surface area contributed by atoms with E-state index in [0.29, 0.717) is 44.3 Å². The molecule has 9 nitrogen and oxygen atoms in total. The third kappa shape index (κ3) is 10.5. The van der Waals surface area contributed by atoms with E-state index in [0.717, 1.165) is 33.9 Å². The minimum absolute atomic E-state index is 0.0633. The molecule has 0 aromatic heterocycles. The fraction of sp³-hybridized carbons (Fsp3) is 0.359. The van der Waals surface area contributed by atoms with Gasteiger partial charge < -0.3 is 32.1 Å². The van der Waals surface area contributed by atoms with Gasteiger partial charge in [0.15, 0.2) is 0 Å². The Morgan fingerprint density at radius 2 is 1.46 bits per heavy atom. The summed E-state index contributed by atoms with van der Waals surface area (Å²) < 4.78 is 0. The first-order chi connectivity index (χ1) is 23.2. The highest BCUT2D eigenvalue weighted by molar-refractivity contribution is 5.94. The largest absolute Gasteiger partial charge is 0.391 e. The first kappa shape index (κ1) is 36.3. The molecule has 3 amide bonds. The Labute approximate surface area is 283 Å². The molecule has 254 valence electrons. The van der Waals surface area contributed by atoms with Gasteiger partial charge in [0.05, 0.1) is 12.1 Å². The van der Waals surface area contributed by atoms with Gasteiger partial charge in [-0.2, -0.15) is 0 Å². The summed E-state index contributed by atoms with van der Waals surface area (Å²) in [6.45, 7) is 0.796. The molecule has 7 N–H and O–H groups in total. The predicted octanol–water partition coefficient (Wildman–Crippen LogP) is 3.95. The zero-order valence-electron chi connectivity index (χ0n) is 28.0. The summed E-state index contributed by atoms with van der Waals surface area (Å²) in [5.74, 6) is -1.53. The highest BCUT2D eigenvalue weighted by Gasteiger charge is 2.31. The van der Waals surface area contributed by atoms with Crippen LogP contribution in [0.2, 0.25) is 0 Å². The Balaban J connectivity index is 1.62. The van der Waals surface area contributed by atoms with Crippen LogP contribution in [0.25, 0.3) is 10.8 Å². The number of amides is 3. The summed E-state index contributed by atoms with van der Waals surface area (Å²) in [6.07, 6.45) is 1.57. The maximum atomic E-state index is 14.0. The van der Waals surface area contributed by atoms with Crippen LogP contribution in [0.4, 0.5) is 0 Å². The van der Waals surface area contributed by atoms with Crippen LogP contribution in [0.1, 0.15) is 52.7 Å². The van der Waals surface area contributed by atoms with Crippen LogP contribution in [0, 0.1) is 5.92 Å². The van der Waals surface area contributed by atoms with E-state index in [9.17, 15) is 19.5 Å². The Morgan fingerprint density at radius 3 is 2.17 bits per heavy atom. The van der Waals surface area contributed by atoms with Gasteiger partial charge in [0, 0.05) is 32.1 Å². The lowest BCUT2D eigenvalue weighted by molar-refractivity contribution is -0.136. The van der Waals surface area contributed by atoms with E-state index in [-0.39, 0.29) is 24.1 Å². The zero-order valence-corrected chi connectivity index (χ0v) is 28.0. The topological polar surface area (TPSA) is 151 Å². The van der Waals surface area contributed by atoms with E-state index in [1.807, 2.05) is 72.8 Å². The summed E-state index contributed by atoms with van der Waals surface area (Å²) in [5, 5.41) is 20.1. The molecule has 48 heavy (non-hydrogen) atoms. The van der Waals surface area contributed by atoms with Gasteiger partial charge in [0.25, 0.3) is 5.91 Å². The molecule has 0 heterocycles. The molecule has 4 aromatic rings. The quantitative estimate of drug-likeness (QED) is 0.109. The van der Waals surface area contributed by atoms with Gasteiger partial charge in [-0.05, 0) is 84.7 Å². The van der Waals surface area contributed by atoms with Crippen LogP contribution in [-0.2, 0) is 29.0 Å². The molecular formula is C39H49N5O4. The number of unbranched alkanes of at least 4 members (excludes halogenated alkanes) is 1. The van der Waals surface area contributed by atoms with Crippen LogP contribution in [0.15, 0.2) is 97.1 Å². The molecule has 0 saturated carbocycles. The molecule has 0 fully saturated rings. The highest BCUT2D eigenvalue weighted by Crippen LogP contribution is 2.22. The van der Waals surface area contributed by atoms with E-state index < -0.39 is 24.1 Å². The van der Waals surface area contributed by atoms with Crippen LogP contribution in [-0.4, -0.2) is 66.6 Å². The number of carbonyl (C=O) groups excluding carboxylic acids is 3. The van der Waals surface area contributed by atoms with Gasteiger partial charge in [-0.25, -0.2) is 0 Å². The van der Waals surface area contributed by atoms with Gasteiger partial charge in [0.2, 0.25) is 11.8 Å². The van der Waals surface area contributed by atoms with Crippen LogP contribution >= 0.6 is 0 Å². The number of hydrogen-bond donors (Lipinski definition) is 5. The Bertz CT molecular complexity index is 1640. The summed E-state index contributed by atoms with van der Waals surface area (Å²) in [4.78, 5) is 42.1. The van der Waals surface area contributed by atoms with Gasteiger partial charge in [-0.1, -0.05) is 84.9 Å². The lowest BCUT2D eigenvalue weighted by Crippen LogP contribution is -2.50. The summed E-state index contributed by atoms with van der Waals surface area (Å²) in [7, 11) is 3.33. The molecule has 9 heteroatoms. The number of fused-ring (bicyclic) bond motifs is 1. The second kappa shape index (κ2) is 18.1. The number of aliphatic hydroxyl groups is 1. The summed E-state index contributed by atoms with van der Waals surface area (Å²) in [5.41, 5.74) is 14.6. The molecule has 4 rings (SSSR count). The third-order valence-corrected chi connectivity index (χ3v) is 8.70. The minimum atomic E-state index is -1.09. The number of nitrogens with one attached hydrogen (secondary N) is 2. The van der Waals surface area contributed by atoms with Crippen molar-refractivity contribution in [1.82, 2.24) is 15.5 Å². The summed E-state index contributed by atoms with van der Waals surface area (Å²) in [6, 6.07) is 29.4. The first-order valence-corrected chi connectivity index (χ1v) is 16.7. The molecule has 0 spiro atoms. The average molecular weight is 652 g/mol. The number of rotatable bonds is 17. The second-order valence-electron chi connectivity index (χ2n) is 12.6. The van der Waals surface area contributed by atoms with Crippen molar-refractivity contribution in [2.75, 3.05) is 20.6 Å². The standard InChI is InChI=1S/C39H49N5O4/c1-44(2)39(48)34(17-8-9-20-40)42-38(47)33(21-27-11-4-3-5-12-27)25-36(45)35(43-37(46)32-16-10-13-29(23-32)26-41)24-28-18-19-30-14-6-7-15-31(30)22-28/h3-7,10-16,18-19,22-23,33-36,45H,8-9,17,20-21,24-26,40-41H2,1-2H3,(H,42,47)(H,43,46)/t33-,34-,35+,36+/m0/s1. The maximum absolute atomic E-state index is 14.0. The van der Waals surface area contributed by atoms with E-state index >= 15 is 0 Å². The van der Waals surface area contributed by atoms with Crippen molar-refractivity contribution in [1.29, 1.82) is 0 Å². The number of likely N-dealkylation sites (N-methyl/N-ethyl adjacent to an activating group) is 1. The fourth-order valence-corrected chi connectivity index (χ4v) is 5.98. The number of benzene rings is 4. The summed E-state index contributed by atoms with van der Waals surface area (Å²) >= 11 is 0. The Hall–Kier alpha value is -4.57. The number of nitrogens with zero attached hydrogens (tertiary/aromatic N) is 1. The van der Waals surface area contributed by atoms with E-state index in [4.69, 9.17) is 11.5 Å². The van der Waals surface area contributed by atoms with Gasteiger partial charge in [0.1, 0.15) is 6.04 Å². The van der Waals surface area contributed by atoms with E-state index in [2.05, 4.69) is 16.7 Å². The first-order valence-electron chi connectivity index (χ1n) is 16.7. The smallest absolute Gasteiger partial charge is 0.251 e. The van der Waals surface area contributed by atoms with Crippen LogP contribution < -0.4 is 22.1 Å². The normalized spacial score (nSPS) is 13.7. The Morgan fingerprint density at radius 1 is 0.750 bits per heavy atom. The zero-order chi connectivity index (χ0) is 34.5. The maximum Gasteiger partial charge on any atom is 0.251 e. The second-order valence-corrected chi connectivity index (χ2v) is 12.6. The average Bonchev–Trinajstić information content (AvgIpc) is 3.10. The van der Waals surface area contributed by atoms with Gasteiger partial charge in [-0.15, -0.1) is 0 Å². The number of carbonyl (C=O) groups is 3. The molecule has 0 unspecified atom stereocenters. The Kier molecular flexibility index (Phi) is 13.7. The molecule has 0 saturated heterocycles. The van der Waals surface area contributed by atoms with Crippen molar-refractivity contribution < 1.29 is 19.5 Å². The number of nitrogens with two attached hydrogens (primary N) is 2. The molecule has 0 bridgehead atoms. The van der Waals surface area contributed by atoms with Crippen molar-refractivity contribution in [3.63, 3.8) is 0 Å². The molecule has 0 radical (unpaired) electrons. The third-order valence-electron chi connectivity index (χ3n) is 8.70. The lowest BCUT2D eigenvalue weighted by Gasteiger charge is -2.29. The number of aliphatic hydroxyl groups excluding tert-OH is 1. The van der Waals surface area contributed by atoms with Gasteiger partial charge in [-0.3, -0.25) is 14.4 Å². The van der Waals surface area contributed by atoms with E-state index in [1.165, 1.54) is 4.90 Å². The van der Waals surface area contributed by atoms with Crippen molar-refractivity contribution in [3.8, 4) is 0 Å². The van der Waals surface area contributed by atoms with Crippen molar-refractivity contribution in [3.05, 3.63) is 119 Å². The molecule has 0 aliphatic heterocycles. The SMILES string of the molecule is CN(C)C(=O)[C@H](CCCCN)NC(=O)[C@@H](Cc1ccccc1)C[C@@H](O)[C@@H](Cc1ccc2ccccc2c1)NC(=O)c1cccc(CN)c1. The van der Waals surface area contributed by atoms with Crippen molar-refractivity contribution in [2.45, 2.75) is 63.3 Å². The van der Waals surface area contributed by atoms with Crippen LogP contribution in [0.3, 0.4) is 0 Å². The molecule has 4 atom stereocenters.